The van der Waals surface area contributed by atoms with E-state index in [0.29, 0.717) is 25.9 Å². The van der Waals surface area contributed by atoms with Crippen molar-refractivity contribution in [3.63, 3.8) is 0 Å². The lowest BCUT2D eigenvalue weighted by Crippen LogP contribution is -2.65. The second-order valence-corrected chi connectivity index (χ2v) is 14.4. The van der Waals surface area contributed by atoms with E-state index in [9.17, 15) is 14.4 Å². The molecule has 2 aliphatic heterocycles. The van der Waals surface area contributed by atoms with Gasteiger partial charge >= 0.3 is 0 Å². The molecule has 8 heteroatoms. The van der Waals surface area contributed by atoms with Crippen molar-refractivity contribution in [2.45, 2.75) is 105 Å². The third-order valence-corrected chi connectivity index (χ3v) is 10.1. The molecule has 0 bridgehead atoms. The highest BCUT2D eigenvalue weighted by Crippen LogP contribution is 2.50. The van der Waals surface area contributed by atoms with Crippen molar-refractivity contribution < 1.29 is 18.8 Å². The molecular weight excluding hydrogens is 588 g/mol. The molecule has 1 fully saturated rings. The molecule has 0 unspecified atom stereocenters. The van der Waals surface area contributed by atoms with Gasteiger partial charge in [-0.2, -0.15) is 0 Å². The van der Waals surface area contributed by atoms with Crippen LogP contribution in [0.5, 0.6) is 0 Å². The van der Waals surface area contributed by atoms with Gasteiger partial charge in [0.05, 0.1) is 17.7 Å². The van der Waals surface area contributed by atoms with E-state index in [0.717, 1.165) is 46.3 Å². The first-order chi connectivity index (χ1) is 22.3. The molecule has 252 valence electrons. The largest absolute Gasteiger partial charge is 0.464 e. The Kier molecular flexibility index (Phi) is 10.2. The highest BCUT2D eigenvalue weighted by atomic mass is 16.3. The van der Waals surface area contributed by atoms with Gasteiger partial charge in [-0.3, -0.25) is 14.4 Å². The number of hydrogen-bond donors (Lipinski definition) is 2. The minimum atomic E-state index is -0.883. The summed E-state index contributed by atoms with van der Waals surface area (Å²) in [4.78, 5) is 49.7. The van der Waals surface area contributed by atoms with Gasteiger partial charge in [0, 0.05) is 59.7 Å². The van der Waals surface area contributed by atoms with Gasteiger partial charge in [-0.15, -0.1) is 0 Å². The summed E-state index contributed by atoms with van der Waals surface area (Å²) >= 11 is 0. The van der Waals surface area contributed by atoms with Crippen LogP contribution in [0.1, 0.15) is 92.3 Å². The average molecular weight is 641 g/mol. The highest BCUT2D eigenvalue weighted by Gasteiger charge is 2.57. The zero-order valence-corrected chi connectivity index (χ0v) is 29.4. The Morgan fingerprint density at radius 1 is 1.13 bits per heavy atom. The summed E-state index contributed by atoms with van der Waals surface area (Å²) in [6, 6.07) is 10.1. The molecule has 5 rings (SSSR count). The standard InChI is InChI=1S/C39H52N4O4/c1-24(2)11-9-12-27(7)16-18-40-35(44)23-29-21-32(38(46)43(25(3)4)26(5)6)39(8)36-31(17-19-42(39)37(29)45)30-15-14-28(22-33(30)41-36)34-13-10-20-47-34/h10-11,13-16,20,22,25-26,29,32,41H,9,12,17-19,21,23H2,1-8H3,(H,40,44)/b27-16+/t29-,32-,39+/m1/s1. The van der Waals surface area contributed by atoms with E-state index in [1.165, 1.54) is 11.1 Å². The van der Waals surface area contributed by atoms with E-state index in [4.69, 9.17) is 4.42 Å². The van der Waals surface area contributed by atoms with Crippen molar-refractivity contribution in [2.75, 3.05) is 13.1 Å². The monoisotopic (exact) mass is 640 g/mol. The Morgan fingerprint density at radius 3 is 2.53 bits per heavy atom. The molecule has 1 aromatic carbocycles. The van der Waals surface area contributed by atoms with Gasteiger partial charge in [-0.25, -0.2) is 0 Å². The zero-order valence-electron chi connectivity index (χ0n) is 29.4. The first-order valence-corrected chi connectivity index (χ1v) is 17.2. The number of carbonyl (C=O) groups excluding carboxylic acids is 3. The molecule has 3 atom stereocenters. The molecule has 2 aliphatic rings. The molecule has 2 aromatic heterocycles. The molecule has 2 N–H and O–H groups in total. The quantitative estimate of drug-likeness (QED) is 0.212. The molecular formula is C39H52N4O4. The van der Waals surface area contributed by atoms with Crippen LogP contribution >= 0.6 is 0 Å². The van der Waals surface area contributed by atoms with Crippen LogP contribution < -0.4 is 5.32 Å². The number of allylic oxidation sites excluding steroid dienone is 3. The summed E-state index contributed by atoms with van der Waals surface area (Å²) in [6.45, 7) is 17.4. The lowest BCUT2D eigenvalue weighted by molar-refractivity contribution is -0.166. The van der Waals surface area contributed by atoms with Gasteiger partial charge in [0.2, 0.25) is 17.7 Å². The second-order valence-electron chi connectivity index (χ2n) is 14.4. The molecule has 3 aromatic rings. The van der Waals surface area contributed by atoms with Crippen LogP contribution in [0.15, 0.2) is 64.3 Å². The Bertz CT molecular complexity index is 1670. The predicted octanol–water partition coefficient (Wildman–Crippen LogP) is 7.51. The second kappa shape index (κ2) is 14.0. The third-order valence-electron chi connectivity index (χ3n) is 10.1. The molecule has 1 saturated heterocycles. The molecule has 0 saturated carbocycles. The van der Waals surface area contributed by atoms with Crippen molar-refractivity contribution in [1.82, 2.24) is 20.1 Å². The normalized spacial score (nSPS) is 21.2. The summed E-state index contributed by atoms with van der Waals surface area (Å²) in [5.41, 5.74) is 5.64. The fraction of sp³-hybridized carbons (Fsp3) is 0.513. The zero-order chi connectivity index (χ0) is 34.0. The van der Waals surface area contributed by atoms with Gasteiger partial charge in [0.1, 0.15) is 5.76 Å². The van der Waals surface area contributed by atoms with Gasteiger partial charge in [0.25, 0.3) is 0 Å². The van der Waals surface area contributed by atoms with Crippen LogP contribution in [-0.4, -0.2) is 57.7 Å². The van der Waals surface area contributed by atoms with Crippen molar-refractivity contribution in [2.24, 2.45) is 11.8 Å². The minimum absolute atomic E-state index is 0.00712. The van der Waals surface area contributed by atoms with Crippen molar-refractivity contribution in [3.8, 4) is 11.3 Å². The number of nitrogens with zero attached hydrogens (tertiary/aromatic N) is 2. The molecule has 4 heterocycles. The molecule has 8 nitrogen and oxygen atoms in total. The fourth-order valence-corrected chi connectivity index (χ4v) is 7.79. The number of aromatic nitrogens is 1. The molecule has 47 heavy (non-hydrogen) atoms. The first-order valence-electron chi connectivity index (χ1n) is 17.2. The number of fused-ring (bicyclic) bond motifs is 5. The fourth-order valence-electron chi connectivity index (χ4n) is 7.79. The maximum absolute atomic E-state index is 14.6. The first kappa shape index (κ1) is 34.3. The Morgan fingerprint density at radius 2 is 1.87 bits per heavy atom. The van der Waals surface area contributed by atoms with E-state index in [-0.39, 0.29) is 36.2 Å². The SMILES string of the molecule is CC(C)=CCC/C(C)=C/CNC(=O)C[C@H]1C[C@H](C(=O)N(C(C)C)C(C)C)[C@@]2(C)c3[nH]c4cc(-c5ccco5)ccc4c3CCN2C1=O. The van der Waals surface area contributed by atoms with E-state index in [2.05, 4.69) is 55.3 Å². The van der Waals surface area contributed by atoms with Crippen molar-refractivity contribution in [1.29, 1.82) is 0 Å². The molecule has 0 spiro atoms. The van der Waals surface area contributed by atoms with Gasteiger partial charge < -0.3 is 24.5 Å². The van der Waals surface area contributed by atoms with Gasteiger partial charge in [-0.05, 0) is 105 Å². The van der Waals surface area contributed by atoms with E-state index < -0.39 is 17.4 Å². The van der Waals surface area contributed by atoms with Gasteiger partial charge in [-0.1, -0.05) is 35.4 Å². The van der Waals surface area contributed by atoms with E-state index in [1.807, 2.05) is 62.6 Å². The summed E-state index contributed by atoms with van der Waals surface area (Å²) in [5.74, 6) is -0.494. The van der Waals surface area contributed by atoms with Crippen LogP contribution in [0.2, 0.25) is 0 Å². The van der Waals surface area contributed by atoms with Crippen LogP contribution in [0.3, 0.4) is 0 Å². The summed E-state index contributed by atoms with van der Waals surface area (Å²) < 4.78 is 5.66. The molecule has 0 radical (unpaired) electrons. The topological polar surface area (TPSA) is 98.7 Å². The number of carbonyl (C=O) groups is 3. The van der Waals surface area contributed by atoms with E-state index in [1.54, 1.807) is 6.26 Å². The van der Waals surface area contributed by atoms with Gasteiger partial charge in [0.15, 0.2) is 0 Å². The number of H-pyrrole nitrogens is 1. The predicted molar refractivity (Wildman–Crippen MR) is 188 cm³/mol. The molecule has 3 amide bonds. The summed E-state index contributed by atoms with van der Waals surface area (Å²) in [5, 5.41) is 4.11. The van der Waals surface area contributed by atoms with Crippen LogP contribution in [0, 0.1) is 11.8 Å². The lowest BCUT2D eigenvalue weighted by Gasteiger charge is -2.54. The number of hydrogen-bond acceptors (Lipinski definition) is 4. The van der Waals surface area contributed by atoms with E-state index >= 15 is 0 Å². The average Bonchev–Trinajstić information content (AvgIpc) is 3.67. The van der Waals surface area contributed by atoms with Crippen molar-refractivity contribution >= 4 is 28.6 Å². The third kappa shape index (κ3) is 6.83. The minimum Gasteiger partial charge on any atom is -0.464 e. The number of piperidine rings is 1. The van der Waals surface area contributed by atoms with Crippen LogP contribution in [0.4, 0.5) is 0 Å². The summed E-state index contributed by atoms with van der Waals surface area (Å²) in [6.07, 6.45) is 8.91. The number of rotatable bonds is 11. The van der Waals surface area contributed by atoms with Crippen LogP contribution in [0.25, 0.3) is 22.2 Å². The number of benzene rings is 1. The number of furan rings is 1. The number of aromatic amines is 1. The Balaban J connectivity index is 1.45. The number of amides is 3. The Labute approximate surface area is 279 Å². The molecule has 0 aliphatic carbocycles. The maximum atomic E-state index is 14.6. The van der Waals surface area contributed by atoms with Crippen LogP contribution in [-0.2, 0) is 26.3 Å². The van der Waals surface area contributed by atoms with Crippen molar-refractivity contribution in [3.05, 3.63) is 71.2 Å². The maximum Gasteiger partial charge on any atom is 0.228 e. The number of nitrogens with one attached hydrogen (secondary N) is 2. The smallest absolute Gasteiger partial charge is 0.228 e. The highest BCUT2D eigenvalue weighted by molar-refractivity contribution is 5.94. The summed E-state index contributed by atoms with van der Waals surface area (Å²) in [7, 11) is 0. The Hall–Kier alpha value is -4.07. The lowest BCUT2D eigenvalue weighted by atomic mass is 9.67.